The summed E-state index contributed by atoms with van der Waals surface area (Å²) in [5.74, 6) is -1.53. The Morgan fingerprint density at radius 2 is 2.08 bits per heavy atom. The lowest BCUT2D eigenvalue weighted by Gasteiger charge is -2.15. The number of rotatable bonds is 4. The van der Waals surface area contributed by atoms with Gasteiger partial charge >= 0.3 is 5.97 Å². The molecule has 3 N–H and O–H groups in total. The standard InChI is InChI=1S/C17H15N3O4/c1-9(10-2-4-13-12(6-10)7-15(21)20-13)19-16(22)11-3-5-14(17(23)24)18-8-11/h2-6,8-9H,7H2,1H3,(H,19,22)(H,20,21)(H,23,24). The zero-order valence-electron chi connectivity index (χ0n) is 12.9. The topological polar surface area (TPSA) is 108 Å². The largest absolute Gasteiger partial charge is 0.477 e. The van der Waals surface area contributed by atoms with Crippen LogP contribution in [-0.4, -0.2) is 27.9 Å². The van der Waals surface area contributed by atoms with Crippen molar-refractivity contribution in [2.45, 2.75) is 19.4 Å². The Bertz CT molecular complexity index is 830. The van der Waals surface area contributed by atoms with E-state index in [1.807, 2.05) is 25.1 Å². The molecule has 0 bridgehead atoms. The minimum Gasteiger partial charge on any atom is -0.477 e. The summed E-state index contributed by atoms with van der Waals surface area (Å²) in [5.41, 5.74) is 2.76. The molecule has 1 aromatic carbocycles. The molecule has 3 rings (SSSR count). The van der Waals surface area contributed by atoms with E-state index in [0.29, 0.717) is 6.42 Å². The van der Waals surface area contributed by atoms with Gasteiger partial charge in [-0.05, 0) is 36.2 Å². The summed E-state index contributed by atoms with van der Waals surface area (Å²) >= 11 is 0. The first-order chi connectivity index (χ1) is 11.4. The number of carbonyl (C=O) groups is 3. The number of fused-ring (bicyclic) bond motifs is 1. The van der Waals surface area contributed by atoms with Crippen LogP contribution in [0.3, 0.4) is 0 Å². The fourth-order valence-electron chi connectivity index (χ4n) is 2.54. The highest BCUT2D eigenvalue weighted by Gasteiger charge is 2.19. The minimum atomic E-state index is -1.14. The Morgan fingerprint density at radius 3 is 2.75 bits per heavy atom. The molecule has 0 radical (unpaired) electrons. The van der Waals surface area contributed by atoms with Crippen molar-refractivity contribution in [1.29, 1.82) is 0 Å². The summed E-state index contributed by atoms with van der Waals surface area (Å²) in [6.45, 7) is 1.84. The summed E-state index contributed by atoms with van der Waals surface area (Å²) in [5, 5.41) is 14.4. The number of aromatic nitrogens is 1. The molecule has 1 unspecified atom stereocenters. The Kier molecular flexibility index (Phi) is 3.99. The average Bonchev–Trinajstić information content (AvgIpc) is 2.93. The molecule has 1 aliphatic rings. The molecule has 0 saturated carbocycles. The van der Waals surface area contributed by atoms with E-state index < -0.39 is 5.97 Å². The Labute approximate surface area is 137 Å². The molecule has 1 aromatic heterocycles. The number of carboxylic acids is 1. The number of nitrogens with one attached hydrogen (secondary N) is 2. The van der Waals surface area contributed by atoms with Crippen molar-refractivity contribution < 1.29 is 19.5 Å². The maximum absolute atomic E-state index is 12.2. The molecule has 1 aliphatic heterocycles. The number of hydrogen-bond acceptors (Lipinski definition) is 4. The SMILES string of the molecule is CC(NC(=O)c1ccc(C(=O)O)nc1)c1ccc2c(c1)CC(=O)N2. The first-order valence-corrected chi connectivity index (χ1v) is 7.37. The van der Waals surface area contributed by atoms with Crippen LogP contribution in [-0.2, 0) is 11.2 Å². The summed E-state index contributed by atoms with van der Waals surface area (Å²) < 4.78 is 0. The van der Waals surface area contributed by atoms with Gasteiger partial charge in [-0.3, -0.25) is 9.59 Å². The highest BCUT2D eigenvalue weighted by Crippen LogP contribution is 2.26. The van der Waals surface area contributed by atoms with Gasteiger partial charge in [-0.25, -0.2) is 9.78 Å². The fourth-order valence-corrected chi connectivity index (χ4v) is 2.54. The quantitative estimate of drug-likeness (QED) is 0.794. The van der Waals surface area contributed by atoms with Gasteiger partial charge in [-0.15, -0.1) is 0 Å². The average molecular weight is 325 g/mol. The van der Waals surface area contributed by atoms with E-state index >= 15 is 0 Å². The molecule has 24 heavy (non-hydrogen) atoms. The number of nitrogens with zero attached hydrogens (tertiary/aromatic N) is 1. The number of hydrogen-bond donors (Lipinski definition) is 3. The number of aromatic carboxylic acids is 1. The van der Waals surface area contributed by atoms with Gasteiger partial charge in [-0.2, -0.15) is 0 Å². The summed E-state index contributed by atoms with van der Waals surface area (Å²) in [6, 6.07) is 8.00. The van der Waals surface area contributed by atoms with Crippen LogP contribution < -0.4 is 10.6 Å². The molecule has 2 aromatic rings. The number of benzene rings is 1. The van der Waals surface area contributed by atoms with Crippen molar-refractivity contribution in [3.63, 3.8) is 0 Å². The van der Waals surface area contributed by atoms with Crippen LogP contribution in [0, 0.1) is 0 Å². The predicted octanol–water partition coefficient (Wildman–Crippen LogP) is 1.77. The molecular weight excluding hydrogens is 310 g/mol. The van der Waals surface area contributed by atoms with E-state index in [-0.39, 0.29) is 29.1 Å². The molecule has 0 spiro atoms. The van der Waals surface area contributed by atoms with Crippen LogP contribution in [0.4, 0.5) is 5.69 Å². The van der Waals surface area contributed by atoms with Gasteiger partial charge in [-0.1, -0.05) is 12.1 Å². The van der Waals surface area contributed by atoms with Crippen LogP contribution >= 0.6 is 0 Å². The van der Waals surface area contributed by atoms with Gasteiger partial charge in [0, 0.05) is 11.9 Å². The summed E-state index contributed by atoms with van der Waals surface area (Å²) in [4.78, 5) is 38.1. The third-order valence-electron chi connectivity index (χ3n) is 3.85. The van der Waals surface area contributed by atoms with Gasteiger partial charge in [0.2, 0.25) is 5.91 Å². The van der Waals surface area contributed by atoms with E-state index in [1.165, 1.54) is 18.3 Å². The molecule has 122 valence electrons. The number of carboxylic acid groups (broad SMARTS) is 1. The van der Waals surface area contributed by atoms with Gasteiger partial charge in [0.15, 0.2) is 0 Å². The van der Waals surface area contributed by atoms with E-state index in [9.17, 15) is 14.4 Å². The Morgan fingerprint density at radius 1 is 1.29 bits per heavy atom. The van der Waals surface area contributed by atoms with Gasteiger partial charge in [0.1, 0.15) is 5.69 Å². The summed E-state index contributed by atoms with van der Waals surface area (Å²) in [7, 11) is 0. The summed E-state index contributed by atoms with van der Waals surface area (Å²) in [6.07, 6.45) is 1.57. The van der Waals surface area contributed by atoms with Crippen molar-refractivity contribution in [3.05, 3.63) is 58.9 Å². The highest BCUT2D eigenvalue weighted by atomic mass is 16.4. The molecule has 7 nitrogen and oxygen atoms in total. The molecule has 0 fully saturated rings. The first-order valence-electron chi connectivity index (χ1n) is 7.37. The molecule has 2 heterocycles. The van der Waals surface area contributed by atoms with Crippen LogP contribution in [0.25, 0.3) is 0 Å². The van der Waals surface area contributed by atoms with Gasteiger partial charge in [0.25, 0.3) is 5.91 Å². The molecule has 1 atom stereocenters. The number of anilines is 1. The van der Waals surface area contributed by atoms with Crippen molar-refractivity contribution in [1.82, 2.24) is 10.3 Å². The van der Waals surface area contributed by atoms with Crippen LogP contribution in [0.5, 0.6) is 0 Å². The highest BCUT2D eigenvalue weighted by molar-refractivity contribution is 5.99. The van der Waals surface area contributed by atoms with Crippen molar-refractivity contribution in [2.24, 2.45) is 0 Å². The molecule has 0 saturated heterocycles. The number of carbonyl (C=O) groups excluding carboxylic acids is 2. The fraction of sp³-hybridized carbons (Fsp3) is 0.176. The molecule has 0 aliphatic carbocycles. The minimum absolute atomic E-state index is 0.0385. The zero-order chi connectivity index (χ0) is 17.3. The van der Waals surface area contributed by atoms with Crippen LogP contribution in [0.2, 0.25) is 0 Å². The lowest BCUT2D eigenvalue weighted by Crippen LogP contribution is -2.26. The lowest BCUT2D eigenvalue weighted by atomic mass is 10.0. The second-order valence-electron chi connectivity index (χ2n) is 5.57. The maximum Gasteiger partial charge on any atom is 0.354 e. The second-order valence-corrected chi connectivity index (χ2v) is 5.57. The molecule has 7 heteroatoms. The smallest absolute Gasteiger partial charge is 0.354 e. The first kappa shape index (κ1) is 15.7. The van der Waals surface area contributed by atoms with Gasteiger partial charge < -0.3 is 15.7 Å². The molecular formula is C17H15N3O4. The van der Waals surface area contributed by atoms with E-state index in [4.69, 9.17) is 5.11 Å². The third kappa shape index (κ3) is 3.10. The number of amides is 2. The monoisotopic (exact) mass is 325 g/mol. The normalized spacial score (nSPS) is 13.8. The van der Waals surface area contributed by atoms with Gasteiger partial charge in [0.05, 0.1) is 18.0 Å². The predicted molar refractivity (Wildman–Crippen MR) is 85.9 cm³/mol. The third-order valence-corrected chi connectivity index (χ3v) is 3.85. The van der Waals surface area contributed by atoms with Crippen molar-refractivity contribution in [2.75, 3.05) is 5.32 Å². The van der Waals surface area contributed by atoms with E-state index in [0.717, 1.165) is 16.8 Å². The zero-order valence-corrected chi connectivity index (χ0v) is 12.9. The lowest BCUT2D eigenvalue weighted by molar-refractivity contribution is -0.115. The van der Waals surface area contributed by atoms with Crippen molar-refractivity contribution in [3.8, 4) is 0 Å². The van der Waals surface area contributed by atoms with Crippen molar-refractivity contribution >= 4 is 23.5 Å². The number of pyridine rings is 1. The van der Waals surface area contributed by atoms with E-state index in [1.54, 1.807) is 0 Å². The second kappa shape index (κ2) is 6.11. The van der Waals surface area contributed by atoms with Crippen LogP contribution in [0.15, 0.2) is 36.5 Å². The van der Waals surface area contributed by atoms with Crippen LogP contribution in [0.1, 0.15) is 44.9 Å². The molecule has 2 amide bonds. The Hall–Kier alpha value is -3.22. The maximum atomic E-state index is 12.2. The van der Waals surface area contributed by atoms with E-state index in [2.05, 4.69) is 15.6 Å². The Balaban J connectivity index is 1.71.